The maximum absolute atomic E-state index is 9.85. The Hall–Kier alpha value is 0.140. The summed E-state index contributed by atoms with van der Waals surface area (Å²) in [5, 5.41) is 6.89. The summed E-state index contributed by atoms with van der Waals surface area (Å²) in [6, 6.07) is 0. The van der Waals surface area contributed by atoms with Gasteiger partial charge in [0.05, 0.1) is 0 Å². The molecule has 1 N–H and O–H groups in total. The third-order valence-electron chi connectivity index (χ3n) is 2.13. The van der Waals surface area contributed by atoms with E-state index in [2.05, 4.69) is 6.92 Å². The van der Waals surface area contributed by atoms with Gasteiger partial charge in [-0.25, -0.2) is 0 Å². The minimum absolute atomic E-state index is 0. The third kappa shape index (κ3) is 29.2. The molecule has 0 aromatic rings. The molecule has 16 heavy (non-hydrogen) atoms. The van der Waals surface area contributed by atoms with E-state index in [0.717, 1.165) is 6.42 Å². The molecule has 0 fully saturated rings. The fraction of sp³-hybridized carbons (Fsp3) is 0.833. The molecule has 0 atom stereocenters. The van der Waals surface area contributed by atoms with Crippen LogP contribution in [0.15, 0.2) is 0 Å². The first-order chi connectivity index (χ1) is 7.33. The molecule has 0 heterocycles. The Morgan fingerprint density at radius 3 is 1.75 bits per heavy atom. The monoisotopic (exact) mass is 238 g/mol. The Bertz CT molecular complexity index is 129. The van der Waals surface area contributed by atoms with Crippen molar-refractivity contribution in [2.45, 2.75) is 64.7 Å². The van der Waals surface area contributed by atoms with Crippen molar-refractivity contribution in [1.29, 1.82) is 0 Å². The second kappa shape index (κ2) is 24.4. The quantitative estimate of drug-likeness (QED) is 0.273. The van der Waals surface area contributed by atoms with Gasteiger partial charge in [-0.1, -0.05) is 58.3 Å². The molecule has 0 rings (SSSR count). The standard InChI is InChI=1S/C11H21O.CH2O2.Na/c1-2-3-4-5-6-7-8-9-10-11-12;2-1-3;/h2-10H2,1H3;1H,(H,2,3);/q-1;;+1. The number of unbranched alkanes of at least 4 members (excludes halogenated alkanes) is 8. The molecular formula is C12H23NaO3. The molecule has 0 radical (unpaired) electrons. The molecule has 0 bridgehead atoms. The topological polar surface area (TPSA) is 54.4 Å². The van der Waals surface area contributed by atoms with Crippen molar-refractivity contribution in [3.8, 4) is 0 Å². The smallest absolute Gasteiger partial charge is 0.542 e. The van der Waals surface area contributed by atoms with Gasteiger partial charge in [0.25, 0.3) is 6.47 Å². The van der Waals surface area contributed by atoms with Crippen LogP contribution in [0.2, 0.25) is 0 Å². The first-order valence-corrected chi connectivity index (χ1v) is 5.76. The van der Waals surface area contributed by atoms with E-state index in [-0.39, 0.29) is 36.0 Å². The van der Waals surface area contributed by atoms with Gasteiger partial charge in [0, 0.05) is 0 Å². The Balaban J connectivity index is -0.000000377. The van der Waals surface area contributed by atoms with Crippen LogP contribution in [0.1, 0.15) is 64.7 Å². The largest absolute Gasteiger partial charge is 1.00 e. The van der Waals surface area contributed by atoms with Crippen LogP contribution in [0.3, 0.4) is 0 Å². The van der Waals surface area contributed by atoms with Gasteiger partial charge in [-0.2, -0.15) is 6.42 Å². The van der Waals surface area contributed by atoms with Crippen molar-refractivity contribution in [3.05, 3.63) is 0 Å². The van der Waals surface area contributed by atoms with E-state index in [9.17, 15) is 4.79 Å². The average molecular weight is 238 g/mol. The SMILES string of the molecule is CCCCCCCCCC[C-]=O.O=CO.[Na+]. The summed E-state index contributed by atoms with van der Waals surface area (Å²) < 4.78 is 0. The van der Waals surface area contributed by atoms with Crippen LogP contribution in [-0.4, -0.2) is 17.9 Å². The summed E-state index contributed by atoms with van der Waals surface area (Å²) in [7, 11) is 0. The van der Waals surface area contributed by atoms with Crippen LogP contribution in [0.5, 0.6) is 0 Å². The zero-order chi connectivity index (χ0) is 11.8. The van der Waals surface area contributed by atoms with Gasteiger partial charge in [-0.3, -0.25) is 11.1 Å². The van der Waals surface area contributed by atoms with Crippen LogP contribution < -0.4 is 29.6 Å². The number of rotatable bonds is 9. The normalized spacial score (nSPS) is 8.31. The average Bonchev–Trinajstić information content (AvgIpc) is 2.23. The fourth-order valence-electron chi connectivity index (χ4n) is 1.33. The molecule has 0 aliphatic heterocycles. The van der Waals surface area contributed by atoms with Crippen molar-refractivity contribution in [2.75, 3.05) is 0 Å². The van der Waals surface area contributed by atoms with Crippen molar-refractivity contribution in [2.24, 2.45) is 0 Å². The maximum atomic E-state index is 9.85. The number of carboxylic acid groups (broad SMARTS) is 1. The van der Waals surface area contributed by atoms with Gasteiger partial charge in [-0.05, 0) is 0 Å². The molecule has 0 aliphatic carbocycles. The summed E-state index contributed by atoms with van der Waals surface area (Å²) in [6.45, 7) is 1.99. The molecule has 0 saturated carbocycles. The van der Waals surface area contributed by atoms with Crippen molar-refractivity contribution in [1.82, 2.24) is 0 Å². The van der Waals surface area contributed by atoms with Crippen LogP contribution in [0, 0.1) is 0 Å². The summed E-state index contributed by atoms with van der Waals surface area (Å²) in [4.78, 5) is 18.2. The van der Waals surface area contributed by atoms with Crippen molar-refractivity contribution < 1.29 is 44.3 Å². The van der Waals surface area contributed by atoms with Gasteiger partial charge in [0.1, 0.15) is 0 Å². The Labute approximate surface area is 121 Å². The van der Waals surface area contributed by atoms with E-state index in [0.29, 0.717) is 6.42 Å². The minimum Gasteiger partial charge on any atom is -0.542 e. The first kappa shape index (κ1) is 21.4. The van der Waals surface area contributed by atoms with Crippen molar-refractivity contribution in [3.63, 3.8) is 0 Å². The third-order valence-corrected chi connectivity index (χ3v) is 2.13. The fourth-order valence-corrected chi connectivity index (χ4v) is 1.33. The molecule has 0 aromatic heterocycles. The van der Waals surface area contributed by atoms with E-state index in [1.165, 1.54) is 44.9 Å². The Morgan fingerprint density at radius 1 is 1.00 bits per heavy atom. The second-order valence-electron chi connectivity index (χ2n) is 3.47. The van der Waals surface area contributed by atoms with Crippen LogP contribution in [0.25, 0.3) is 0 Å². The summed E-state index contributed by atoms with van der Waals surface area (Å²) in [6.07, 6.45) is 12.9. The minimum atomic E-state index is -0.250. The number of hydrogen-bond donors (Lipinski definition) is 1. The molecule has 0 saturated heterocycles. The molecule has 3 nitrogen and oxygen atoms in total. The van der Waals surface area contributed by atoms with Gasteiger partial charge in [-0.15, -0.1) is 0 Å². The predicted octanol–water partition coefficient (Wildman–Crippen LogP) is 0.332. The summed E-state index contributed by atoms with van der Waals surface area (Å²) in [5.41, 5.74) is 0. The first-order valence-electron chi connectivity index (χ1n) is 5.76. The van der Waals surface area contributed by atoms with E-state index in [1.54, 1.807) is 0 Å². The van der Waals surface area contributed by atoms with Crippen molar-refractivity contribution >= 4 is 12.8 Å². The molecule has 0 unspecified atom stereocenters. The van der Waals surface area contributed by atoms with E-state index < -0.39 is 0 Å². The maximum Gasteiger partial charge on any atom is 1.00 e. The van der Waals surface area contributed by atoms with Gasteiger partial charge < -0.3 is 9.90 Å². The molecule has 4 heteroatoms. The van der Waals surface area contributed by atoms with E-state index in [1.807, 2.05) is 6.29 Å². The summed E-state index contributed by atoms with van der Waals surface area (Å²) in [5.74, 6) is 0. The Morgan fingerprint density at radius 2 is 1.38 bits per heavy atom. The zero-order valence-corrected chi connectivity index (χ0v) is 12.7. The van der Waals surface area contributed by atoms with Gasteiger partial charge in [0.2, 0.25) is 0 Å². The van der Waals surface area contributed by atoms with E-state index >= 15 is 0 Å². The predicted molar refractivity (Wildman–Crippen MR) is 61.6 cm³/mol. The van der Waals surface area contributed by atoms with Gasteiger partial charge >= 0.3 is 29.6 Å². The summed E-state index contributed by atoms with van der Waals surface area (Å²) >= 11 is 0. The molecule has 0 aromatic carbocycles. The molecule has 90 valence electrons. The van der Waals surface area contributed by atoms with Gasteiger partial charge in [0.15, 0.2) is 0 Å². The zero-order valence-electron chi connectivity index (χ0n) is 10.7. The van der Waals surface area contributed by atoms with Crippen LogP contribution >= 0.6 is 0 Å². The second-order valence-corrected chi connectivity index (χ2v) is 3.47. The number of carbonyl (C=O) groups excluding carboxylic acids is 1. The molecule has 0 spiro atoms. The van der Waals surface area contributed by atoms with Crippen LogP contribution in [-0.2, 0) is 9.59 Å². The number of carbonyl (C=O) groups is 1. The Kier molecular flexibility index (Phi) is 32.7. The molecular weight excluding hydrogens is 215 g/mol. The number of hydrogen-bond acceptors (Lipinski definition) is 2. The molecule has 0 amide bonds. The van der Waals surface area contributed by atoms with Crippen LogP contribution in [0.4, 0.5) is 0 Å². The molecule has 0 aliphatic rings. The van der Waals surface area contributed by atoms with E-state index in [4.69, 9.17) is 9.90 Å².